The van der Waals surface area contributed by atoms with Gasteiger partial charge < -0.3 is 15.5 Å². The van der Waals surface area contributed by atoms with Crippen LogP contribution in [0.4, 0.5) is 0 Å². The van der Waals surface area contributed by atoms with Crippen LogP contribution < -0.4 is 10.6 Å². The molecule has 114 valence electrons. The van der Waals surface area contributed by atoms with Gasteiger partial charge >= 0.3 is 0 Å². The Hall–Kier alpha value is -1.88. The van der Waals surface area contributed by atoms with Crippen molar-refractivity contribution in [2.24, 2.45) is 5.92 Å². The second kappa shape index (κ2) is 6.72. The van der Waals surface area contributed by atoms with Crippen LogP contribution in [0.2, 0.25) is 0 Å². The third kappa shape index (κ3) is 3.82. The lowest BCUT2D eigenvalue weighted by Gasteiger charge is -2.30. The number of hydrogen-bond acceptors (Lipinski definition) is 3. The van der Waals surface area contributed by atoms with Crippen LogP contribution in [-0.4, -0.2) is 49.9 Å². The normalized spacial score (nSPS) is 21.7. The Labute approximate surface area is 125 Å². The molecule has 2 atom stereocenters. The predicted molar refractivity (Wildman–Crippen MR) is 82.4 cm³/mol. The highest BCUT2D eigenvalue weighted by atomic mass is 16.2. The molecule has 0 aliphatic carbocycles. The van der Waals surface area contributed by atoms with Crippen LogP contribution in [0.3, 0.4) is 0 Å². The highest BCUT2D eigenvalue weighted by Crippen LogP contribution is 2.13. The maximum atomic E-state index is 12.3. The predicted octanol–water partition coefficient (Wildman–Crippen LogP) is 1.12. The van der Waals surface area contributed by atoms with E-state index in [4.69, 9.17) is 0 Å². The van der Waals surface area contributed by atoms with Crippen molar-refractivity contribution in [3.8, 4) is 0 Å². The third-order valence-electron chi connectivity index (χ3n) is 3.88. The zero-order valence-corrected chi connectivity index (χ0v) is 12.8. The van der Waals surface area contributed by atoms with E-state index in [-0.39, 0.29) is 17.9 Å². The van der Waals surface area contributed by atoms with Crippen LogP contribution in [0, 0.1) is 5.92 Å². The summed E-state index contributed by atoms with van der Waals surface area (Å²) in [5.74, 6) is 0.205. The molecule has 0 bridgehead atoms. The Kier molecular flexibility index (Phi) is 4.96. The van der Waals surface area contributed by atoms with E-state index < -0.39 is 0 Å². The van der Waals surface area contributed by atoms with Gasteiger partial charge in [-0.1, -0.05) is 13.0 Å². The number of hydrogen-bond donors (Lipinski definition) is 2. The number of carbonyl (C=O) groups excluding carboxylic acids is 2. The molecule has 1 aromatic rings. The van der Waals surface area contributed by atoms with Crippen molar-refractivity contribution in [2.45, 2.75) is 19.4 Å². The number of amides is 2. The average molecular weight is 289 g/mol. The molecule has 5 nitrogen and oxygen atoms in total. The fourth-order valence-corrected chi connectivity index (χ4v) is 2.53. The van der Waals surface area contributed by atoms with Crippen molar-refractivity contribution in [1.82, 2.24) is 15.5 Å². The Bertz CT molecular complexity index is 528. The first-order chi connectivity index (χ1) is 9.99. The summed E-state index contributed by atoms with van der Waals surface area (Å²) in [6.45, 7) is 3.97. The van der Waals surface area contributed by atoms with Crippen molar-refractivity contribution in [2.75, 3.05) is 27.2 Å². The fourth-order valence-electron chi connectivity index (χ4n) is 2.53. The molecular formula is C16H23N3O2. The summed E-state index contributed by atoms with van der Waals surface area (Å²) in [6, 6.07) is 7.06. The standard InChI is InChI=1S/C16H23N3O2/c1-11-10-17-8-7-14(11)18-15(20)12-5-4-6-13(9-12)16(21)19(2)3/h4-6,9,11,14,17H,7-8,10H2,1-3H3,(H,18,20). The molecule has 0 aromatic heterocycles. The van der Waals surface area contributed by atoms with Crippen LogP contribution in [-0.2, 0) is 0 Å². The summed E-state index contributed by atoms with van der Waals surface area (Å²) in [4.78, 5) is 25.8. The smallest absolute Gasteiger partial charge is 0.253 e. The molecule has 1 saturated heterocycles. The van der Waals surface area contributed by atoms with E-state index in [0.717, 1.165) is 19.5 Å². The van der Waals surface area contributed by atoms with Gasteiger partial charge in [-0.3, -0.25) is 9.59 Å². The molecule has 1 aromatic carbocycles. The summed E-state index contributed by atoms with van der Waals surface area (Å²) in [5, 5.41) is 6.39. The third-order valence-corrected chi connectivity index (χ3v) is 3.88. The topological polar surface area (TPSA) is 61.4 Å². The molecule has 2 N–H and O–H groups in total. The van der Waals surface area contributed by atoms with Crippen LogP contribution in [0.25, 0.3) is 0 Å². The van der Waals surface area contributed by atoms with E-state index in [1.165, 1.54) is 4.90 Å². The van der Waals surface area contributed by atoms with Crippen molar-refractivity contribution < 1.29 is 9.59 Å². The van der Waals surface area contributed by atoms with Crippen LogP contribution in [0.5, 0.6) is 0 Å². The first-order valence-corrected chi connectivity index (χ1v) is 7.32. The van der Waals surface area contributed by atoms with E-state index in [1.807, 2.05) is 0 Å². The van der Waals surface area contributed by atoms with Crippen LogP contribution in [0.15, 0.2) is 24.3 Å². The number of piperidine rings is 1. The van der Waals surface area contributed by atoms with Gasteiger partial charge in [0.05, 0.1) is 0 Å². The van der Waals surface area contributed by atoms with Gasteiger partial charge in [-0.05, 0) is 43.6 Å². The highest BCUT2D eigenvalue weighted by molar-refractivity contribution is 5.99. The maximum absolute atomic E-state index is 12.3. The van der Waals surface area contributed by atoms with E-state index >= 15 is 0 Å². The minimum Gasteiger partial charge on any atom is -0.349 e. The van der Waals surface area contributed by atoms with E-state index in [0.29, 0.717) is 17.0 Å². The van der Waals surface area contributed by atoms with Gasteiger partial charge in [-0.25, -0.2) is 0 Å². The quantitative estimate of drug-likeness (QED) is 0.876. The molecule has 5 heteroatoms. The van der Waals surface area contributed by atoms with Gasteiger partial charge in [0.1, 0.15) is 0 Å². The monoisotopic (exact) mass is 289 g/mol. The zero-order valence-electron chi connectivity index (χ0n) is 12.8. The summed E-state index contributed by atoms with van der Waals surface area (Å²) < 4.78 is 0. The molecule has 0 spiro atoms. The first kappa shape index (κ1) is 15.5. The minimum atomic E-state index is -0.109. The van der Waals surface area contributed by atoms with E-state index in [1.54, 1.807) is 38.4 Å². The molecule has 0 saturated carbocycles. The molecule has 21 heavy (non-hydrogen) atoms. The SMILES string of the molecule is CC1CNCCC1NC(=O)c1cccc(C(=O)N(C)C)c1. The average Bonchev–Trinajstić information content (AvgIpc) is 2.48. The van der Waals surface area contributed by atoms with Gasteiger partial charge in [-0.2, -0.15) is 0 Å². The van der Waals surface area contributed by atoms with Gasteiger partial charge in [0.2, 0.25) is 0 Å². The van der Waals surface area contributed by atoms with Crippen LogP contribution >= 0.6 is 0 Å². The molecule has 2 amide bonds. The number of nitrogens with one attached hydrogen (secondary N) is 2. The van der Waals surface area contributed by atoms with Gasteiger partial charge in [0.15, 0.2) is 0 Å². The molecule has 1 aliphatic rings. The molecule has 1 heterocycles. The van der Waals surface area contributed by atoms with Gasteiger partial charge in [0.25, 0.3) is 11.8 Å². The summed E-state index contributed by atoms with van der Waals surface area (Å²) in [5.41, 5.74) is 1.07. The van der Waals surface area contributed by atoms with Crippen molar-refractivity contribution in [3.05, 3.63) is 35.4 Å². The molecule has 0 radical (unpaired) electrons. The lowest BCUT2D eigenvalue weighted by Crippen LogP contribution is -2.48. The van der Waals surface area contributed by atoms with Gasteiger partial charge in [-0.15, -0.1) is 0 Å². The van der Waals surface area contributed by atoms with Gasteiger partial charge in [0, 0.05) is 31.3 Å². The van der Waals surface area contributed by atoms with Crippen molar-refractivity contribution in [1.29, 1.82) is 0 Å². The minimum absolute atomic E-state index is 0.0973. The first-order valence-electron chi connectivity index (χ1n) is 7.32. The van der Waals surface area contributed by atoms with Crippen molar-refractivity contribution in [3.63, 3.8) is 0 Å². The molecular weight excluding hydrogens is 266 g/mol. The molecule has 1 aliphatic heterocycles. The fraction of sp³-hybridized carbons (Fsp3) is 0.500. The van der Waals surface area contributed by atoms with E-state index in [9.17, 15) is 9.59 Å². The highest BCUT2D eigenvalue weighted by Gasteiger charge is 2.23. The Morgan fingerprint density at radius 1 is 1.29 bits per heavy atom. The number of benzene rings is 1. The lowest BCUT2D eigenvalue weighted by atomic mass is 9.95. The Morgan fingerprint density at radius 3 is 2.67 bits per heavy atom. The number of rotatable bonds is 3. The largest absolute Gasteiger partial charge is 0.349 e. The maximum Gasteiger partial charge on any atom is 0.253 e. The lowest BCUT2D eigenvalue weighted by molar-refractivity contribution is 0.0827. The van der Waals surface area contributed by atoms with Crippen LogP contribution in [0.1, 0.15) is 34.1 Å². The Morgan fingerprint density at radius 2 is 2.00 bits per heavy atom. The Balaban J connectivity index is 2.08. The number of nitrogens with zero attached hydrogens (tertiary/aromatic N) is 1. The number of carbonyl (C=O) groups is 2. The van der Waals surface area contributed by atoms with E-state index in [2.05, 4.69) is 17.6 Å². The second-order valence-corrected chi connectivity index (χ2v) is 5.83. The van der Waals surface area contributed by atoms with Crippen molar-refractivity contribution >= 4 is 11.8 Å². The summed E-state index contributed by atoms with van der Waals surface area (Å²) in [6.07, 6.45) is 0.934. The zero-order chi connectivity index (χ0) is 15.4. The molecule has 2 rings (SSSR count). The molecule has 1 fully saturated rings. The summed E-state index contributed by atoms with van der Waals surface area (Å²) in [7, 11) is 3.40. The summed E-state index contributed by atoms with van der Waals surface area (Å²) >= 11 is 0. The molecule has 2 unspecified atom stereocenters. The second-order valence-electron chi connectivity index (χ2n) is 5.83.